The van der Waals surface area contributed by atoms with Gasteiger partial charge < -0.3 is 7.96 Å². The van der Waals surface area contributed by atoms with Gasteiger partial charge in [0, 0.05) is 7.05 Å². The zero-order valence-electron chi connectivity index (χ0n) is 7.38. The monoisotopic (exact) mass is 135 g/mol. The third-order valence-corrected chi connectivity index (χ3v) is 0.240. The molecule has 0 aliphatic heterocycles. The number of nitrogens with zero attached hydrogens (tertiary/aromatic N) is 1. The molecule has 0 rings (SSSR count). The predicted octanol–water partition coefficient (Wildman–Crippen LogP) is -6.00. The van der Waals surface area contributed by atoms with Crippen molar-refractivity contribution in [2.75, 3.05) is 7.05 Å². The van der Waals surface area contributed by atoms with E-state index in [0.29, 0.717) is 0 Å². The van der Waals surface area contributed by atoms with Crippen LogP contribution in [0.5, 0.6) is 0 Å². The maximum absolute atomic E-state index is 9.45. The number of hydrogen-bond donors (Lipinski definition) is 1. The molecule has 0 saturated heterocycles. The second kappa shape index (κ2) is 11.0. The summed E-state index contributed by atoms with van der Waals surface area (Å²) in [5.74, 6) is -1.00. The van der Waals surface area contributed by atoms with E-state index in [1.54, 1.807) is 0 Å². The van der Waals surface area contributed by atoms with E-state index in [9.17, 15) is 4.79 Å². The maximum atomic E-state index is 9.45. The average Bonchev–Trinajstić information content (AvgIpc) is 1.35. The van der Waals surface area contributed by atoms with Gasteiger partial charge in [-0.05, 0) is 0 Å². The van der Waals surface area contributed by atoms with Crippen molar-refractivity contribution in [3.8, 4) is 0 Å². The molecule has 0 amide bonds. The number of hydrogen-bond acceptors (Lipinski definition) is 2. The molecular formula is C3H7NNa2O2. The summed E-state index contributed by atoms with van der Waals surface area (Å²) in [6.45, 7) is 0. The van der Waals surface area contributed by atoms with Gasteiger partial charge in [0.2, 0.25) is 0 Å². The summed E-state index contributed by atoms with van der Waals surface area (Å²) in [6, 6.07) is 0. The zero-order chi connectivity index (χ0) is 4.99. The Hall–Kier alpha value is 1.14. The number of carboxylic acid groups (broad SMARTS) is 1. The first kappa shape index (κ1) is 16.1. The first-order chi connectivity index (χ1) is 2.77. The molecule has 0 aliphatic carbocycles. The Morgan fingerprint density at radius 3 is 2.12 bits per heavy atom. The summed E-state index contributed by atoms with van der Waals surface area (Å²) in [4.78, 5) is 12.7. The van der Waals surface area contributed by atoms with Gasteiger partial charge in [-0.25, -0.2) is 4.79 Å². The second-order valence-corrected chi connectivity index (χ2v) is 0.726. The van der Waals surface area contributed by atoms with E-state index >= 15 is 0 Å². The van der Waals surface area contributed by atoms with Gasteiger partial charge in [-0.15, -0.1) is 0 Å². The third kappa shape index (κ3) is 15.7. The molecule has 0 fully saturated rings. The predicted molar refractivity (Wildman–Crippen MR) is 24.3 cm³/mol. The van der Waals surface area contributed by atoms with Crippen LogP contribution in [0, 0.1) is 0 Å². The van der Waals surface area contributed by atoms with Crippen LogP contribution in [0.25, 0.3) is 0 Å². The van der Waals surface area contributed by atoms with Crippen molar-refractivity contribution in [2.24, 2.45) is 4.99 Å². The van der Waals surface area contributed by atoms with Gasteiger partial charge in [0.1, 0.15) is 6.21 Å². The molecule has 0 heterocycles. The van der Waals surface area contributed by atoms with Crippen molar-refractivity contribution in [1.82, 2.24) is 0 Å². The fraction of sp³-hybridized carbons (Fsp3) is 0.333. The first-order valence-corrected chi connectivity index (χ1v) is 1.42. The van der Waals surface area contributed by atoms with Crippen molar-refractivity contribution >= 4 is 12.2 Å². The molecule has 5 heteroatoms. The molecule has 0 unspecified atom stereocenters. The molecule has 0 bridgehead atoms. The minimum Gasteiger partial charge on any atom is -1.00 e. The standard InChI is InChI=1S/C3H5NO2.2Na.2H/c1-4-2-3(5)6;;;;/h2H,1H3,(H,5,6);;;;/q;2*+1;2*-1. The zero-order valence-corrected chi connectivity index (χ0v) is 9.38. The van der Waals surface area contributed by atoms with Crippen molar-refractivity contribution in [1.29, 1.82) is 0 Å². The molecular weight excluding hydrogens is 128 g/mol. The van der Waals surface area contributed by atoms with Crippen molar-refractivity contribution in [3.05, 3.63) is 0 Å². The number of rotatable bonds is 1. The van der Waals surface area contributed by atoms with Crippen molar-refractivity contribution < 1.29 is 71.9 Å². The minimum atomic E-state index is -1.00. The first-order valence-electron chi connectivity index (χ1n) is 1.42. The molecule has 0 aromatic carbocycles. The fourth-order valence-electron chi connectivity index (χ4n) is 0.110. The van der Waals surface area contributed by atoms with Crippen LogP contribution in [0.4, 0.5) is 0 Å². The summed E-state index contributed by atoms with van der Waals surface area (Å²) in [7, 11) is 1.41. The molecule has 0 aromatic heterocycles. The number of aliphatic carboxylic acids is 1. The van der Waals surface area contributed by atoms with Gasteiger partial charge in [-0.3, -0.25) is 4.99 Å². The Bertz CT molecular complexity index is 90.6. The van der Waals surface area contributed by atoms with Crippen LogP contribution in [-0.2, 0) is 4.79 Å². The Balaban J connectivity index is -0.0000000208. The van der Waals surface area contributed by atoms with Crippen LogP contribution in [0.3, 0.4) is 0 Å². The number of carboxylic acids is 1. The molecule has 0 radical (unpaired) electrons. The van der Waals surface area contributed by atoms with Crippen LogP contribution in [0.15, 0.2) is 4.99 Å². The summed E-state index contributed by atoms with van der Waals surface area (Å²) in [5.41, 5.74) is 0. The minimum absolute atomic E-state index is 0. The van der Waals surface area contributed by atoms with Gasteiger partial charge in [0.05, 0.1) is 0 Å². The summed E-state index contributed by atoms with van der Waals surface area (Å²) >= 11 is 0. The van der Waals surface area contributed by atoms with Crippen LogP contribution in [0.1, 0.15) is 2.85 Å². The molecule has 1 N–H and O–H groups in total. The van der Waals surface area contributed by atoms with Gasteiger partial charge >= 0.3 is 65.1 Å². The molecule has 0 atom stereocenters. The van der Waals surface area contributed by atoms with E-state index in [-0.39, 0.29) is 62.0 Å². The smallest absolute Gasteiger partial charge is 1.00 e. The molecule has 0 saturated carbocycles. The molecule has 3 nitrogen and oxygen atoms in total. The van der Waals surface area contributed by atoms with Crippen molar-refractivity contribution in [3.63, 3.8) is 0 Å². The van der Waals surface area contributed by atoms with Crippen molar-refractivity contribution in [2.45, 2.75) is 0 Å². The molecule has 0 spiro atoms. The summed E-state index contributed by atoms with van der Waals surface area (Å²) in [5, 5.41) is 7.76. The normalized spacial score (nSPS) is 7.12. The van der Waals surface area contributed by atoms with Gasteiger partial charge in [0.15, 0.2) is 0 Å². The Morgan fingerprint density at radius 2 is 2.12 bits per heavy atom. The molecule has 0 aliphatic rings. The van der Waals surface area contributed by atoms with Crippen LogP contribution in [0.2, 0.25) is 0 Å². The third-order valence-electron chi connectivity index (χ3n) is 0.240. The van der Waals surface area contributed by atoms with E-state index in [2.05, 4.69) is 4.99 Å². The van der Waals surface area contributed by atoms with Gasteiger partial charge in [0.25, 0.3) is 0 Å². The Kier molecular flexibility index (Phi) is 22.1. The fourth-order valence-corrected chi connectivity index (χ4v) is 0.110. The van der Waals surface area contributed by atoms with Gasteiger partial charge in [-0.2, -0.15) is 0 Å². The maximum Gasteiger partial charge on any atom is 1.00 e. The van der Waals surface area contributed by atoms with Gasteiger partial charge in [-0.1, -0.05) is 0 Å². The average molecular weight is 135 g/mol. The Labute approximate surface area is 95.1 Å². The number of carbonyl (C=O) groups is 1. The number of aliphatic imine (C=N–C) groups is 1. The topological polar surface area (TPSA) is 49.7 Å². The second-order valence-electron chi connectivity index (χ2n) is 0.726. The van der Waals surface area contributed by atoms with E-state index in [4.69, 9.17) is 5.11 Å². The molecule has 8 heavy (non-hydrogen) atoms. The van der Waals surface area contributed by atoms with E-state index in [1.807, 2.05) is 0 Å². The largest absolute Gasteiger partial charge is 1.00 e. The quantitative estimate of drug-likeness (QED) is 0.287. The Morgan fingerprint density at radius 1 is 1.75 bits per heavy atom. The SMILES string of the molecule is CN=CC(=O)O.[H-].[H-].[Na+].[Na+]. The summed E-state index contributed by atoms with van der Waals surface area (Å²) < 4.78 is 0. The summed E-state index contributed by atoms with van der Waals surface area (Å²) in [6.07, 6.45) is 0.833. The van der Waals surface area contributed by atoms with Crippen LogP contribution in [-0.4, -0.2) is 24.3 Å². The van der Waals surface area contributed by atoms with E-state index in [1.165, 1.54) is 7.05 Å². The molecule has 0 aromatic rings. The van der Waals surface area contributed by atoms with Crippen LogP contribution >= 0.6 is 0 Å². The van der Waals surface area contributed by atoms with E-state index in [0.717, 1.165) is 6.21 Å². The van der Waals surface area contributed by atoms with Crippen LogP contribution < -0.4 is 59.1 Å². The molecule has 38 valence electrons. The van der Waals surface area contributed by atoms with E-state index < -0.39 is 5.97 Å².